The Hall–Kier alpha value is -1.73. The van der Waals surface area contributed by atoms with E-state index in [0.29, 0.717) is 16.8 Å². The molecule has 0 unspecified atom stereocenters. The Kier molecular flexibility index (Phi) is 5.83. The number of thioether (sulfide) groups is 1. The molecule has 1 aromatic carbocycles. The van der Waals surface area contributed by atoms with Crippen molar-refractivity contribution in [2.24, 2.45) is 5.92 Å². The van der Waals surface area contributed by atoms with Gasteiger partial charge in [-0.3, -0.25) is 9.36 Å². The maximum atomic E-state index is 12.4. The number of carbonyl (C=O) groups excluding carboxylic acids is 1. The van der Waals surface area contributed by atoms with Gasteiger partial charge in [0, 0.05) is 29.8 Å². The number of aromatic nitrogens is 3. The van der Waals surface area contributed by atoms with Crippen LogP contribution in [0.1, 0.15) is 44.2 Å². The van der Waals surface area contributed by atoms with Gasteiger partial charge in [-0.25, -0.2) is 0 Å². The number of benzene rings is 1. The molecule has 28 heavy (non-hydrogen) atoms. The minimum absolute atomic E-state index is 0.0611. The molecule has 4 rings (SSSR count). The molecular weight excluding hydrogens is 394 g/mol. The zero-order valence-electron chi connectivity index (χ0n) is 16.3. The van der Waals surface area contributed by atoms with Crippen LogP contribution in [0.2, 0.25) is 5.02 Å². The predicted octanol–water partition coefficient (Wildman–Crippen LogP) is 4.54. The molecule has 1 aliphatic heterocycles. The van der Waals surface area contributed by atoms with Gasteiger partial charge in [0.1, 0.15) is 0 Å². The van der Waals surface area contributed by atoms with Gasteiger partial charge in [-0.1, -0.05) is 36.4 Å². The fourth-order valence-corrected chi connectivity index (χ4v) is 4.48. The van der Waals surface area contributed by atoms with Crippen LogP contribution in [0.15, 0.2) is 23.4 Å². The monoisotopic (exact) mass is 419 g/mol. The summed E-state index contributed by atoms with van der Waals surface area (Å²) in [5, 5.41) is 13.3. The van der Waals surface area contributed by atoms with Crippen LogP contribution in [-0.2, 0) is 4.79 Å². The molecule has 1 saturated carbocycles. The van der Waals surface area contributed by atoms with E-state index in [-0.39, 0.29) is 5.91 Å². The lowest BCUT2D eigenvalue weighted by Gasteiger charge is -2.31. The van der Waals surface area contributed by atoms with E-state index in [1.165, 1.54) is 24.6 Å². The summed E-state index contributed by atoms with van der Waals surface area (Å²) < 4.78 is 2.25. The molecule has 0 radical (unpaired) electrons. The minimum Gasteiger partial charge on any atom is -0.341 e. The van der Waals surface area contributed by atoms with Crippen molar-refractivity contribution in [2.75, 3.05) is 29.1 Å². The zero-order valence-corrected chi connectivity index (χ0v) is 17.9. The van der Waals surface area contributed by atoms with E-state index in [1.807, 2.05) is 25.1 Å². The van der Waals surface area contributed by atoms with Crippen LogP contribution in [0.3, 0.4) is 0 Å². The maximum Gasteiger partial charge on any atom is 0.234 e. The number of amides is 1. The highest BCUT2D eigenvalue weighted by atomic mass is 35.5. The average Bonchev–Trinajstić information content (AvgIpc) is 3.44. The Balaban J connectivity index is 1.42. The van der Waals surface area contributed by atoms with Crippen LogP contribution in [0.25, 0.3) is 0 Å². The summed E-state index contributed by atoms with van der Waals surface area (Å²) >= 11 is 7.59. The van der Waals surface area contributed by atoms with Gasteiger partial charge in [0.15, 0.2) is 5.16 Å². The van der Waals surface area contributed by atoms with Crippen LogP contribution in [0.5, 0.6) is 0 Å². The van der Waals surface area contributed by atoms with Crippen molar-refractivity contribution in [1.82, 2.24) is 14.8 Å². The molecule has 2 aromatic rings. The van der Waals surface area contributed by atoms with Crippen molar-refractivity contribution >= 4 is 40.9 Å². The second kappa shape index (κ2) is 8.33. The van der Waals surface area contributed by atoms with Gasteiger partial charge < -0.3 is 10.2 Å². The first-order valence-electron chi connectivity index (χ1n) is 9.90. The number of nitrogens with one attached hydrogen (secondary N) is 1. The molecule has 0 atom stereocenters. The lowest BCUT2D eigenvalue weighted by atomic mass is 10.00. The highest BCUT2D eigenvalue weighted by Crippen LogP contribution is 2.41. The SMILES string of the molecule is Cc1c(Cl)cccc1NC(=O)CSc1nnc(N2CCC(C)CC2)n1C1CC1. The Morgan fingerprint density at radius 3 is 2.71 bits per heavy atom. The molecule has 0 bridgehead atoms. The standard InChI is InChI=1S/C20H26ClN5OS/c1-13-8-10-25(11-9-13)19-23-24-20(26(19)15-6-7-15)28-12-18(27)22-17-5-3-4-16(21)14(17)2/h3-5,13,15H,6-12H2,1-2H3,(H,22,27). The molecule has 0 spiro atoms. The first-order chi connectivity index (χ1) is 13.5. The molecular formula is C20H26ClN5OS. The van der Waals surface area contributed by atoms with Gasteiger partial charge in [0.25, 0.3) is 0 Å². The number of piperidine rings is 1. The molecule has 2 heterocycles. The van der Waals surface area contributed by atoms with Gasteiger partial charge in [-0.15, -0.1) is 10.2 Å². The normalized spacial score (nSPS) is 17.8. The molecule has 1 amide bonds. The van der Waals surface area contributed by atoms with E-state index in [4.69, 9.17) is 11.6 Å². The minimum atomic E-state index is -0.0611. The molecule has 2 aliphatic rings. The highest BCUT2D eigenvalue weighted by Gasteiger charge is 2.32. The van der Waals surface area contributed by atoms with E-state index >= 15 is 0 Å². The second-order valence-electron chi connectivity index (χ2n) is 7.80. The molecule has 1 saturated heterocycles. The number of halogens is 1. The number of anilines is 2. The van der Waals surface area contributed by atoms with Crippen LogP contribution < -0.4 is 10.2 Å². The van der Waals surface area contributed by atoms with E-state index in [1.54, 1.807) is 0 Å². The van der Waals surface area contributed by atoms with Crippen LogP contribution in [-0.4, -0.2) is 39.5 Å². The van der Waals surface area contributed by atoms with E-state index in [9.17, 15) is 4.79 Å². The van der Waals surface area contributed by atoms with Crippen molar-refractivity contribution in [3.05, 3.63) is 28.8 Å². The van der Waals surface area contributed by atoms with Gasteiger partial charge in [0.05, 0.1) is 5.75 Å². The summed E-state index contributed by atoms with van der Waals surface area (Å²) in [6, 6.07) is 6.01. The van der Waals surface area contributed by atoms with Crippen molar-refractivity contribution in [1.29, 1.82) is 0 Å². The third-order valence-electron chi connectivity index (χ3n) is 5.50. The van der Waals surface area contributed by atoms with Gasteiger partial charge in [-0.2, -0.15) is 0 Å². The molecule has 6 nitrogen and oxygen atoms in total. The summed E-state index contributed by atoms with van der Waals surface area (Å²) in [6.45, 7) is 6.28. The van der Waals surface area contributed by atoms with Gasteiger partial charge in [0.2, 0.25) is 11.9 Å². The fourth-order valence-electron chi connectivity index (χ4n) is 3.50. The van der Waals surface area contributed by atoms with E-state index in [0.717, 1.165) is 54.2 Å². The van der Waals surface area contributed by atoms with Crippen LogP contribution in [0.4, 0.5) is 11.6 Å². The Morgan fingerprint density at radius 1 is 1.25 bits per heavy atom. The lowest BCUT2D eigenvalue weighted by molar-refractivity contribution is -0.113. The Labute approximate surface area is 175 Å². The van der Waals surface area contributed by atoms with Crippen molar-refractivity contribution < 1.29 is 4.79 Å². The molecule has 1 aromatic heterocycles. The third kappa shape index (κ3) is 4.30. The Bertz CT molecular complexity index is 858. The predicted molar refractivity (Wildman–Crippen MR) is 114 cm³/mol. The van der Waals surface area contributed by atoms with Crippen molar-refractivity contribution in [3.8, 4) is 0 Å². The maximum absolute atomic E-state index is 12.4. The van der Waals surface area contributed by atoms with E-state index in [2.05, 4.69) is 31.9 Å². The smallest absolute Gasteiger partial charge is 0.234 e. The van der Waals surface area contributed by atoms with E-state index < -0.39 is 0 Å². The summed E-state index contributed by atoms with van der Waals surface area (Å²) in [5.74, 6) is 1.99. The number of hydrogen-bond acceptors (Lipinski definition) is 5. The van der Waals surface area contributed by atoms with Gasteiger partial charge >= 0.3 is 0 Å². The first-order valence-corrected chi connectivity index (χ1v) is 11.3. The average molecular weight is 420 g/mol. The number of hydrogen-bond donors (Lipinski definition) is 1. The first kappa shape index (κ1) is 19.6. The molecule has 150 valence electrons. The Morgan fingerprint density at radius 2 is 2.00 bits per heavy atom. The zero-order chi connectivity index (χ0) is 19.7. The quantitative estimate of drug-likeness (QED) is 0.696. The molecule has 2 fully saturated rings. The largest absolute Gasteiger partial charge is 0.341 e. The molecule has 8 heteroatoms. The molecule has 1 aliphatic carbocycles. The highest BCUT2D eigenvalue weighted by molar-refractivity contribution is 7.99. The van der Waals surface area contributed by atoms with Crippen LogP contribution >= 0.6 is 23.4 Å². The van der Waals surface area contributed by atoms with Crippen molar-refractivity contribution in [3.63, 3.8) is 0 Å². The van der Waals surface area contributed by atoms with Crippen molar-refractivity contribution in [2.45, 2.75) is 50.7 Å². The fraction of sp³-hybridized carbons (Fsp3) is 0.550. The lowest BCUT2D eigenvalue weighted by Crippen LogP contribution is -2.34. The van der Waals surface area contributed by atoms with Crippen LogP contribution in [0, 0.1) is 12.8 Å². The van der Waals surface area contributed by atoms with Gasteiger partial charge in [-0.05, 0) is 56.2 Å². The third-order valence-corrected chi connectivity index (χ3v) is 6.85. The number of carbonyl (C=O) groups is 1. The topological polar surface area (TPSA) is 63.1 Å². The second-order valence-corrected chi connectivity index (χ2v) is 9.15. The number of nitrogens with zero attached hydrogens (tertiary/aromatic N) is 4. The summed E-state index contributed by atoms with van der Waals surface area (Å²) in [6.07, 6.45) is 4.72. The summed E-state index contributed by atoms with van der Waals surface area (Å²) in [4.78, 5) is 14.8. The summed E-state index contributed by atoms with van der Waals surface area (Å²) in [5.41, 5.74) is 1.63. The molecule has 1 N–H and O–H groups in total. The summed E-state index contributed by atoms with van der Waals surface area (Å²) in [7, 11) is 0. The number of rotatable bonds is 6.